The van der Waals surface area contributed by atoms with Gasteiger partial charge in [-0.3, -0.25) is 9.59 Å². The molecule has 1 aromatic heterocycles. The van der Waals surface area contributed by atoms with E-state index in [9.17, 15) is 9.59 Å². The molecule has 0 aliphatic rings. The highest BCUT2D eigenvalue weighted by Gasteiger charge is 2.09. The van der Waals surface area contributed by atoms with E-state index in [0.717, 1.165) is 18.4 Å². The largest absolute Gasteiger partial charge is 0.352 e. The molecule has 7 heteroatoms. The van der Waals surface area contributed by atoms with Crippen LogP contribution in [0.3, 0.4) is 0 Å². The van der Waals surface area contributed by atoms with Crippen LogP contribution >= 0.6 is 23.2 Å². The molecule has 0 radical (unpaired) electrons. The summed E-state index contributed by atoms with van der Waals surface area (Å²) in [5.41, 5.74) is 1.82. The summed E-state index contributed by atoms with van der Waals surface area (Å²) in [5.74, 6) is -0.391. The zero-order chi connectivity index (χ0) is 18.2. The van der Waals surface area contributed by atoms with Gasteiger partial charge in [0.15, 0.2) is 0 Å². The first-order chi connectivity index (χ1) is 12.0. The first-order valence-electron chi connectivity index (χ1n) is 7.98. The zero-order valence-electron chi connectivity index (χ0n) is 13.8. The lowest BCUT2D eigenvalue weighted by Gasteiger charge is -2.08. The van der Waals surface area contributed by atoms with Gasteiger partial charge in [-0.2, -0.15) is 0 Å². The van der Waals surface area contributed by atoms with E-state index in [0.29, 0.717) is 24.2 Å². The van der Waals surface area contributed by atoms with Crippen LogP contribution < -0.4 is 10.6 Å². The second-order valence-electron chi connectivity index (χ2n) is 5.49. The van der Waals surface area contributed by atoms with Gasteiger partial charge in [0.2, 0.25) is 0 Å². The summed E-state index contributed by atoms with van der Waals surface area (Å²) in [6, 6.07) is 9.99. The molecule has 2 N–H and O–H groups in total. The minimum absolute atomic E-state index is 0.0925. The SMILES string of the molecule is CCCCNC(=O)c1ccc(CNC(=O)c2cc(Cl)nc(Cl)c2)cc1. The van der Waals surface area contributed by atoms with E-state index in [4.69, 9.17) is 23.2 Å². The van der Waals surface area contributed by atoms with Crippen LogP contribution in [0.1, 0.15) is 46.0 Å². The van der Waals surface area contributed by atoms with Gasteiger partial charge < -0.3 is 10.6 Å². The average molecular weight is 380 g/mol. The Balaban J connectivity index is 1.90. The molecule has 5 nitrogen and oxygen atoms in total. The van der Waals surface area contributed by atoms with E-state index < -0.39 is 0 Å². The summed E-state index contributed by atoms with van der Waals surface area (Å²) >= 11 is 11.6. The van der Waals surface area contributed by atoms with Crippen molar-refractivity contribution in [2.75, 3.05) is 6.54 Å². The number of hydrogen-bond acceptors (Lipinski definition) is 3. The quantitative estimate of drug-likeness (QED) is 0.566. The van der Waals surface area contributed by atoms with E-state index in [1.807, 2.05) is 12.1 Å². The maximum atomic E-state index is 12.1. The molecule has 0 atom stereocenters. The Morgan fingerprint density at radius 1 is 0.960 bits per heavy atom. The maximum Gasteiger partial charge on any atom is 0.251 e. The van der Waals surface area contributed by atoms with Crippen LogP contribution in [0.25, 0.3) is 0 Å². The van der Waals surface area contributed by atoms with Crippen molar-refractivity contribution in [3.05, 3.63) is 63.4 Å². The molecular formula is C18H19Cl2N3O2. The molecule has 2 rings (SSSR count). The van der Waals surface area contributed by atoms with E-state index >= 15 is 0 Å². The zero-order valence-corrected chi connectivity index (χ0v) is 15.3. The number of benzene rings is 1. The molecule has 2 aromatic rings. The predicted molar refractivity (Wildman–Crippen MR) is 99.1 cm³/mol. The number of aromatic nitrogens is 1. The lowest BCUT2D eigenvalue weighted by molar-refractivity contribution is 0.0942. The second kappa shape index (κ2) is 9.39. The van der Waals surface area contributed by atoms with Gasteiger partial charge in [-0.15, -0.1) is 0 Å². The molecular weight excluding hydrogens is 361 g/mol. The average Bonchev–Trinajstić information content (AvgIpc) is 2.59. The third kappa shape index (κ3) is 6.03. The fourth-order valence-electron chi connectivity index (χ4n) is 2.14. The molecule has 0 spiro atoms. The molecule has 0 saturated carbocycles. The van der Waals surface area contributed by atoms with E-state index in [-0.39, 0.29) is 22.1 Å². The normalized spacial score (nSPS) is 10.4. The number of nitrogens with one attached hydrogen (secondary N) is 2. The second-order valence-corrected chi connectivity index (χ2v) is 6.26. The van der Waals surface area contributed by atoms with Gasteiger partial charge in [0.25, 0.3) is 11.8 Å². The fourth-order valence-corrected chi connectivity index (χ4v) is 2.60. The lowest BCUT2D eigenvalue weighted by atomic mass is 10.1. The van der Waals surface area contributed by atoms with Crippen molar-refractivity contribution >= 4 is 35.0 Å². The van der Waals surface area contributed by atoms with Crippen LogP contribution in [0.2, 0.25) is 10.3 Å². The van der Waals surface area contributed by atoms with Crippen LogP contribution in [0, 0.1) is 0 Å². The third-order valence-corrected chi connectivity index (χ3v) is 3.90. The third-order valence-electron chi connectivity index (χ3n) is 3.51. The van der Waals surface area contributed by atoms with Crippen LogP contribution in [-0.2, 0) is 6.54 Å². The number of nitrogens with zero attached hydrogens (tertiary/aromatic N) is 1. The van der Waals surface area contributed by atoms with Gasteiger partial charge >= 0.3 is 0 Å². The van der Waals surface area contributed by atoms with Crippen molar-refractivity contribution in [3.63, 3.8) is 0 Å². The Morgan fingerprint density at radius 3 is 2.16 bits per heavy atom. The molecule has 1 aromatic carbocycles. The summed E-state index contributed by atoms with van der Waals surface area (Å²) in [7, 11) is 0. The monoisotopic (exact) mass is 379 g/mol. The van der Waals surface area contributed by atoms with Crippen molar-refractivity contribution in [1.29, 1.82) is 0 Å². The van der Waals surface area contributed by atoms with Crippen molar-refractivity contribution < 1.29 is 9.59 Å². The maximum absolute atomic E-state index is 12.1. The van der Waals surface area contributed by atoms with E-state index in [1.165, 1.54) is 12.1 Å². The number of pyridine rings is 1. The van der Waals surface area contributed by atoms with Gasteiger partial charge in [0.05, 0.1) is 0 Å². The lowest BCUT2D eigenvalue weighted by Crippen LogP contribution is -2.24. The first-order valence-corrected chi connectivity index (χ1v) is 8.73. The van der Waals surface area contributed by atoms with Gasteiger partial charge in [-0.05, 0) is 36.2 Å². The van der Waals surface area contributed by atoms with Gasteiger partial charge in [-0.25, -0.2) is 4.98 Å². The molecule has 0 saturated heterocycles. The molecule has 132 valence electrons. The molecule has 0 aliphatic carbocycles. The Bertz CT molecular complexity index is 728. The van der Waals surface area contributed by atoms with Crippen molar-refractivity contribution in [2.45, 2.75) is 26.3 Å². The first kappa shape index (κ1) is 19.2. The molecule has 0 bridgehead atoms. The number of hydrogen-bond donors (Lipinski definition) is 2. The fraction of sp³-hybridized carbons (Fsp3) is 0.278. The van der Waals surface area contributed by atoms with Crippen LogP contribution in [0.4, 0.5) is 0 Å². The number of rotatable bonds is 7. The van der Waals surface area contributed by atoms with Crippen molar-refractivity contribution in [2.24, 2.45) is 0 Å². The van der Waals surface area contributed by atoms with Gasteiger partial charge in [0, 0.05) is 24.2 Å². The molecule has 0 unspecified atom stereocenters. The minimum atomic E-state index is -0.299. The molecule has 0 fully saturated rings. The highest BCUT2D eigenvalue weighted by molar-refractivity contribution is 6.33. The number of halogens is 2. The van der Waals surface area contributed by atoms with Crippen molar-refractivity contribution in [1.82, 2.24) is 15.6 Å². The summed E-state index contributed by atoms with van der Waals surface area (Å²) in [6.45, 7) is 3.07. The summed E-state index contributed by atoms with van der Waals surface area (Å²) in [4.78, 5) is 27.9. The Morgan fingerprint density at radius 2 is 1.56 bits per heavy atom. The number of carbonyl (C=O) groups is 2. The Labute approximate surface area is 156 Å². The van der Waals surface area contributed by atoms with Gasteiger partial charge in [0.1, 0.15) is 10.3 Å². The molecule has 2 amide bonds. The molecule has 1 heterocycles. The summed E-state index contributed by atoms with van der Waals surface area (Å²) in [6.07, 6.45) is 1.99. The number of carbonyl (C=O) groups excluding carboxylic acids is 2. The molecule has 25 heavy (non-hydrogen) atoms. The number of amides is 2. The highest BCUT2D eigenvalue weighted by atomic mass is 35.5. The summed E-state index contributed by atoms with van der Waals surface area (Å²) < 4.78 is 0. The van der Waals surface area contributed by atoms with Crippen molar-refractivity contribution in [3.8, 4) is 0 Å². The minimum Gasteiger partial charge on any atom is -0.352 e. The topological polar surface area (TPSA) is 71.1 Å². The number of unbranched alkanes of at least 4 members (excludes halogenated alkanes) is 1. The van der Waals surface area contributed by atoms with Gasteiger partial charge in [-0.1, -0.05) is 48.7 Å². The predicted octanol–water partition coefficient (Wildman–Crippen LogP) is 3.85. The smallest absolute Gasteiger partial charge is 0.251 e. The molecule has 0 aliphatic heterocycles. The Kier molecular flexibility index (Phi) is 7.22. The Hall–Kier alpha value is -2.11. The van der Waals surface area contributed by atoms with E-state index in [1.54, 1.807) is 12.1 Å². The standard InChI is InChI=1S/C18H19Cl2N3O2/c1-2-3-8-21-17(24)13-6-4-12(5-7-13)11-22-18(25)14-9-15(19)23-16(20)10-14/h4-7,9-10H,2-3,8,11H2,1H3,(H,21,24)(H,22,25). The summed E-state index contributed by atoms with van der Waals surface area (Å²) in [5, 5.41) is 5.96. The van der Waals surface area contributed by atoms with E-state index in [2.05, 4.69) is 22.5 Å². The van der Waals surface area contributed by atoms with Crippen LogP contribution in [0.15, 0.2) is 36.4 Å². The van der Waals surface area contributed by atoms with Crippen LogP contribution in [0.5, 0.6) is 0 Å². The van der Waals surface area contributed by atoms with Crippen LogP contribution in [-0.4, -0.2) is 23.3 Å². The highest BCUT2D eigenvalue weighted by Crippen LogP contribution is 2.14.